The number of H-pyrrole nitrogens is 1. The van der Waals surface area contributed by atoms with Crippen molar-refractivity contribution in [1.29, 1.82) is 0 Å². The van der Waals surface area contributed by atoms with Crippen LogP contribution in [0.4, 0.5) is 27.1 Å². The molecule has 1 aromatic heterocycles. The molecule has 162 valence electrons. The number of hydrogen-bond donors (Lipinski definition) is 2. The molecule has 6 rings (SSSR count). The summed E-state index contributed by atoms with van der Waals surface area (Å²) in [6, 6.07) is 19.0. The molecule has 0 radical (unpaired) electrons. The molecule has 1 fully saturated rings. The van der Waals surface area contributed by atoms with Crippen LogP contribution in [0.1, 0.15) is 12.0 Å². The van der Waals surface area contributed by atoms with Gasteiger partial charge in [0.05, 0.1) is 41.8 Å². The number of nitrogens with one attached hydrogen (secondary N) is 1. The van der Waals surface area contributed by atoms with Gasteiger partial charge in [0.1, 0.15) is 5.82 Å². The fraction of sp³-hybridized carbons (Fsp3) is 0.240. The molecule has 0 saturated carbocycles. The number of hydrogen-bond acceptors (Lipinski definition) is 5. The molecule has 3 heterocycles. The maximum atomic E-state index is 13.7. The lowest BCUT2D eigenvalue weighted by atomic mass is 9.89. The van der Waals surface area contributed by atoms with Crippen molar-refractivity contribution in [2.45, 2.75) is 18.6 Å². The highest BCUT2D eigenvalue weighted by atomic mass is 19.1. The average molecular weight is 430 g/mol. The number of ether oxygens (including phenoxy) is 1. The largest absolute Gasteiger partial charge is 0.392 e. The zero-order valence-electron chi connectivity index (χ0n) is 17.5. The highest BCUT2D eigenvalue weighted by Crippen LogP contribution is 2.50. The molecule has 2 aliphatic heterocycles. The fourth-order valence-corrected chi connectivity index (χ4v) is 4.98. The van der Waals surface area contributed by atoms with E-state index in [-0.39, 0.29) is 18.0 Å². The first kappa shape index (κ1) is 19.3. The Kier molecular flexibility index (Phi) is 4.41. The SMILES string of the molecule is OCc1ccc(N2CC3(CCOC3)N(c3ccc(F)cc3)c3cc4cn[nH]c4cc32)cc1. The molecule has 2 N–H and O–H groups in total. The summed E-state index contributed by atoms with van der Waals surface area (Å²) < 4.78 is 19.7. The molecule has 0 aliphatic carbocycles. The van der Waals surface area contributed by atoms with E-state index >= 15 is 0 Å². The van der Waals surface area contributed by atoms with Crippen molar-refractivity contribution in [1.82, 2.24) is 10.2 Å². The normalized spacial score (nSPS) is 20.3. The molecule has 32 heavy (non-hydrogen) atoms. The number of aromatic nitrogens is 2. The molecule has 0 bridgehead atoms. The van der Waals surface area contributed by atoms with E-state index in [0.29, 0.717) is 13.2 Å². The number of aromatic amines is 1. The second-order valence-electron chi connectivity index (χ2n) is 8.55. The third-order valence-corrected chi connectivity index (χ3v) is 6.59. The average Bonchev–Trinajstić information content (AvgIpc) is 3.48. The Balaban J connectivity index is 1.58. The topological polar surface area (TPSA) is 64.6 Å². The van der Waals surface area contributed by atoms with E-state index < -0.39 is 0 Å². The van der Waals surface area contributed by atoms with Crippen LogP contribution in [-0.2, 0) is 11.3 Å². The highest BCUT2D eigenvalue weighted by molar-refractivity contribution is 5.95. The summed E-state index contributed by atoms with van der Waals surface area (Å²) in [6.45, 7) is 1.99. The van der Waals surface area contributed by atoms with Gasteiger partial charge in [-0.05, 0) is 60.5 Å². The molecule has 3 aromatic carbocycles. The van der Waals surface area contributed by atoms with Crippen molar-refractivity contribution in [3.8, 4) is 0 Å². The number of aliphatic hydroxyl groups excluding tert-OH is 1. The van der Waals surface area contributed by atoms with Crippen molar-refractivity contribution < 1.29 is 14.2 Å². The number of nitrogens with zero attached hydrogens (tertiary/aromatic N) is 3. The third-order valence-electron chi connectivity index (χ3n) is 6.59. The lowest BCUT2D eigenvalue weighted by Crippen LogP contribution is -2.57. The molecule has 1 unspecified atom stereocenters. The Bertz CT molecular complexity index is 1260. The van der Waals surface area contributed by atoms with Crippen molar-refractivity contribution >= 4 is 33.7 Å². The van der Waals surface area contributed by atoms with Crippen molar-refractivity contribution in [3.05, 3.63) is 78.2 Å². The molecule has 1 saturated heterocycles. The number of halogens is 1. The maximum absolute atomic E-state index is 13.7. The van der Waals surface area contributed by atoms with Gasteiger partial charge in [-0.3, -0.25) is 5.10 Å². The molecule has 1 spiro atoms. The van der Waals surface area contributed by atoms with E-state index in [1.165, 1.54) is 12.1 Å². The van der Waals surface area contributed by atoms with Gasteiger partial charge in [-0.1, -0.05) is 12.1 Å². The molecule has 1 atom stereocenters. The van der Waals surface area contributed by atoms with Crippen molar-refractivity contribution in [2.75, 3.05) is 29.6 Å². The molecule has 7 heteroatoms. The van der Waals surface area contributed by atoms with E-state index in [0.717, 1.165) is 52.2 Å². The highest BCUT2D eigenvalue weighted by Gasteiger charge is 2.48. The van der Waals surface area contributed by atoms with E-state index in [9.17, 15) is 9.50 Å². The van der Waals surface area contributed by atoms with Crippen LogP contribution in [0.2, 0.25) is 0 Å². The summed E-state index contributed by atoms with van der Waals surface area (Å²) in [6.07, 6.45) is 2.68. The minimum absolute atomic E-state index is 0.0156. The number of anilines is 4. The first-order valence-corrected chi connectivity index (χ1v) is 10.7. The Hall–Kier alpha value is -3.42. The second-order valence-corrected chi connectivity index (χ2v) is 8.55. The number of fused-ring (bicyclic) bond motifs is 2. The van der Waals surface area contributed by atoms with Crippen LogP contribution in [-0.4, -0.2) is 40.6 Å². The summed E-state index contributed by atoms with van der Waals surface area (Å²) in [5, 5.41) is 17.8. The Morgan fingerprint density at radius 3 is 2.53 bits per heavy atom. The lowest BCUT2D eigenvalue weighted by molar-refractivity contribution is 0.178. The number of rotatable bonds is 3. The summed E-state index contributed by atoms with van der Waals surface area (Å²) in [5.74, 6) is -0.251. The van der Waals surface area contributed by atoms with Crippen LogP contribution in [0.25, 0.3) is 10.9 Å². The molecule has 6 nitrogen and oxygen atoms in total. The van der Waals surface area contributed by atoms with Crippen LogP contribution in [0.3, 0.4) is 0 Å². The van der Waals surface area contributed by atoms with Crippen LogP contribution < -0.4 is 9.80 Å². The van der Waals surface area contributed by atoms with Gasteiger partial charge in [0, 0.05) is 29.9 Å². The molecule has 2 aliphatic rings. The van der Waals surface area contributed by atoms with Gasteiger partial charge in [0.25, 0.3) is 0 Å². The molecule has 0 amide bonds. The second kappa shape index (κ2) is 7.32. The number of aliphatic hydroxyl groups is 1. The van der Waals surface area contributed by atoms with E-state index in [2.05, 4.69) is 32.1 Å². The van der Waals surface area contributed by atoms with E-state index in [1.54, 1.807) is 0 Å². The predicted octanol–water partition coefficient (Wildman–Crippen LogP) is 4.64. The fourth-order valence-electron chi connectivity index (χ4n) is 4.98. The zero-order valence-corrected chi connectivity index (χ0v) is 17.5. The van der Waals surface area contributed by atoms with Gasteiger partial charge >= 0.3 is 0 Å². The summed E-state index contributed by atoms with van der Waals surface area (Å²) >= 11 is 0. The summed E-state index contributed by atoms with van der Waals surface area (Å²) in [5.41, 5.74) is 5.61. The van der Waals surface area contributed by atoms with Crippen LogP contribution in [0.5, 0.6) is 0 Å². The predicted molar refractivity (Wildman–Crippen MR) is 122 cm³/mol. The minimum Gasteiger partial charge on any atom is -0.392 e. The monoisotopic (exact) mass is 430 g/mol. The van der Waals surface area contributed by atoms with E-state index in [4.69, 9.17) is 4.74 Å². The van der Waals surface area contributed by atoms with Gasteiger partial charge in [-0.25, -0.2) is 4.39 Å². The molecular weight excluding hydrogens is 407 g/mol. The minimum atomic E-state index is -0.294. The lowest BCUT2D eigenvalue weighted by Gasteiger charge is -2.50. The summed E-state index contributed by atoms with van der Waals surface area (Å²) in [4.78, 5) is 4.63. The Morgan fingerprint density at radius 2 is 1.81 bits per heavy atom. The maximum Gasteiger partial charge on any atom is 0.123 e. The van der Waals surface area contributed by atoms with Gasteiger partial charge in [0.15, 0.2) is 0 Å². The third kappa shape index (κ3) is 2.97. The standard InChI is InChI=1S/C25H23FN4O2/c26-19-3-7-21(8-4-19)30-24-11-18-13-27-28-22(18)12-23(24)29(15-25(30)9-10-32-16-25)20-5-1-17(14-31)2-6-20/h1-8,11-13,31H,9-10,14-16H2,(H,27,28). The smallest absolute Gasteiger partial charge is 0.123 e. The van der Waals surface area contributed by atoms with Gasteiger partial charge < -0.3 is 19.6 Å². The van der Waals surface area contributed by atoms with Gasteiger partial charge in [-0.2, -0.15) is 5.10 Å². The van der Waals surface area contributed by atoms with Gasteiger partial charge in [-0.15, -0.1) is 0 Å². The van der Waals surface area contributed by atoms with Crippen molar-refractivity contribution in [3.63, 3.8) is 0 Å². The van der Waals surface area contributed by atoms with Crippen LogP contribution >= 0.6 is 0 Å². The Morgan fingerprint density at radius 1 is 1.03 bits per heavy atom. The Labute approximate surface area is 184 Å². The molecular formula is C25H23FN4O2. The molecule has 4 aromatic rings. The van der Waals surface area contributed by atoms with Gasteiger partial charge in [0.2, 0.25) is 0 Å². The van der Waals surface area contributed by atoms with E-state index in [1.807, 2.05) is 42.6 Å². The zero-order chi connectivity index (χ0) is 21.7. The number of benzene rings is 3. The first-order valence-electron chi connectivity index (χ1n) is 10.7. The van der Waals surface area contributed by atoms with Crippen LogP contribution in [0.15, 0.2) is 66.9 Å². The van der Waals surface area contributed by atoms with Crippen molar-refractivity contribution in [2.24, 2.45) is 0 Å². The quantitative estimate of drug-likeness (QED) is 0.496. The summed E-state index contributed by atoms with van der Waals surface area (Å²) in [7, 11) is 0. The van der Waals surface area contributed by atoms with Crippen LogP contribution in [0, 0.1) is 5.82 Å². The first-order chi connectivity index (χ1) is 15.7.